The number of urea groups is 1. The monoisotopic (exact) mass is 503 g/mol. The van der Waals surface area contributed by atoms with Crippen LogP contribution < -0.4 is 15.5 Å². The van der Waals surface area contributed by atoms with Gasteiger partial charge in [0, 0.05) is 29.6 Å². The molecule has 0 aliphatic carbocycles. The van der Waals surface area contributed by atoms with Crippen LogP contribution in [0.15, 0.2) is 48.8 Å². The molecule has 0 spiro atoms. The standard InChI is InChI=1S/C26H29N7O4/c1-3-37-26(35)32-14-21-22(15-32)30-23(31-24(21)33-11-12-36-16-17(33)2)18-6-8-19(9-7-18)28-25(34)29-20-5-4-10-27-13-20/h4-10,13,17H,3,11-12,14-16H2,1-2H3,(H2,28,29,34)/t17-/m0/s1. The van der Waals surface area contributed by atoms with Gasteiger partial charge in [0.25, 0.3) is 0 Å². The van der Waals surface area contributed by atoms with Gasteiger partial charge in [-0.2, -0.15) is 0 Å². The van der Waals surface area contributed by atoms with Gasteiger partial charge in [0.1, 0.15) is 5.82 Å². The summed E-state index contributed by atoms with van der Waals surface area (Å²) < 4.78 is 10.9. The quantitative estimate of drug-likeness (QED) is 0.538. The average molecular weight is 504 g/mol. The first-order valence-electron chi connectivity index (χ1n) is 12.3. The first-order chi connectivity index (χ1) is 18.0. The maximum Gasteiger partial charge on any atom is 0.410 e. The highest BCUT2D eigenvalue weighted by molar-refractivity contribution is 5.99. The number of amides is 3. The first-order valence-corrected chi connectivity index (χ1v) is 12.3. The Balaban J connectivity index is 1.39. The Labute approximate surface area is 214 Å². The Bertz CT molecular complexity index is 1270. The van der Waals surface area contributed by atoms with Crippen molar-refractivity contribution in [2.45, 2.75) is 33.0 Å². The van der Waals surface area contributed by atoms with Crippen molar-refractivity contribution >= 4 is 29.3 Å². The maximum absolute atomic E-state index is 12.4. The van der Waals surface area contributed by atoms with E-state index in [1.807, 2.05) is 12.1 Å². The van der Waals surface area contributed by atoms with Crippen molar-refractivity contribution in [2.75, 3.05) is 41.9 Å². The molecule has 11 heteroatoms. The maximum atomic E-state index is 12.4. The van der Waals surface area contributed by atoms with Crippen LogP contribution in [0.1, 0.15) is 25.1 Å². The number of anilines is 3. The number of hydrogen-bond acceptors (Lipinski definition) is 8. The number of rotatable bonds is 5. The van der Waals surface area contributed by atoms with Crippen LogP contribution >= 0.6 is 0 Å². The van der Waals surface area contributed by atoms with Crippen molar-refractivity contribution in [3.63, 3.8) is 0 Å². The lowest BCUT2D eigenvalue weighted by Crippen LogP contribution is -2.44. The third kappa shape index (κ3) is 5.46. The van der Waals surface area contributed by atoms with Gasteiger partial charge >= 0.3 is 12.1 Å². The fourth-order valence-corrected chi connectivity index (χ4v) is 4.42. The lowest BCUT2D eigenvalue weighted by atomic mass is 10.1. The molecule has 2 aliphatic rings. The SMILES string of the molecule is CCOC(=O)N1Cc2nc(-c3ccc(NC(=O)Nc4cccnc4)cc3)nc(N3CCOC[C@@H]3C)c2C1. The lowest BCUT2D eigenvalue weighted by Gasteiger charge is -2.35. The van der Waals surface area contributed by atoms with E-state index in [9.17, 15) is 9.59 Å². The Morgan fingerprint density at radius 2 is 1.92 bits per heavy atom. The van der Waals surface area contributed by atoms with Gasteiger partial charge in [-0.15, -0.1) is 0 Å². The second kappa shape index (κ2) is 10.8. The van der Waals surface area contributed by atoms with Crippen LogP contribution in [-0.2, 0) is 22.6 Å². The van der Waals surface area contributed by atoms with E-state index in [4.69, 9.17) is 19.4 Å². The minimum atomic E-state index is -0.364. The first kappa shape index (κ1) is 24.4. The van der Waals surface area contributed by atoms with Gasteiger partial charge < -0.3 is 25.0 Å². The molecule has 4 heterocycles. The van der Waals surface area contributed by atoms with Crippen molar-refractivity contribution < 1.29 is 19.1 Å². The molecule has 3 aromatic rings. The smallest absolute Gasteiger partial charge is 0.410 e. The zero-order valence-corrected chi connectivity index (χ0v) is 20.8. The van der Waals surface area contributed by atoms with E-state index in [0.29, 0.717) is 56.7 Å². The molecule has 3 amide bonds. The predicted octanol–water partition coefficient (Wildman–Crippen LogP) is 3.88. The molecule has 192 valence electrons. The van der Waals surface area contributed by atoms with Gasteiger partial charge in [-0.05, 0) is 50.2 Å². The van der Waals surface area contributed by atoms with Crippen LogP contribution in [0.5, 0.6) is 0 Å². The summed E-state index contributed by atoms with van der Waals surface area (Å²) in [5.74, 6) is 1.38. The van der Waals surface area contributed by atoms with Crippen molar-refractivity contribution in [1.82, 2.24) is 19.9 Å². The molecule has 1 saturated heterocycles. The summed E-state index contributed by atoms with van der Waals surface area (Å²) >= 11 is 0. The molecular formula is C26H29N7O4. The Kier molecular flexibility index (Phi) is 7.13. The van der Waals surface area contributed by atoms with Crippen LogP contribution in [0.4, 0.5) is 26.8 Å². The van der Waals surface area contributed by atoms with Crippen LogP contribution in [0, 0.1) is 0 Å². The van der Waals surface area contributed by atoms with E-state index >= 15 is 0 Å². The summed E-state index contributed by atoms with van der Waals surface area (Å²) in [5.41, 5.74) is 3.78. The minimum Gasteiger partial charge on any atom is -0.450 e. The normalized spacial score (nSPS) is 16.8. The number of nitrogens with zero attached hydrogens (tertiary/aromatic N) is 5. The number of morpholine rings is 1. The number of pyridine rings is 1. The zero-order chi connectivity index (χ0) is 25.8. The number of aromatic nitrogens is 3. The molecule has 2 aromatic heterocycles. The number of nitrogens with one attached hydrogen (secondary N) is 2. The fourth-order valence-electron chi connectivity index (χ4n) is 4.42. The zero-order valence-electron chi connectivity index (χ0n) is 20.8. The lowest BCUT2D eigenvalue weighted by molar-refractivity contribution is 0.0980. The average Bonchev–Trinajstić information content (AvgIpc) is 3.34. The molecule has 0 saturated carbocycles. The molecule has 2 N–H and O–H groups in total. The molecule has 1 atom stereocenters. The topological polar surface area (TPSA) is 122 Å². The van der Waals surface area contributed by atoms with Gasteiger partial charge in [-0.1, -0.05) is 0 Å². The van der Waals surface area contributed by atoms with Gasteiger partial charge in [-0.3, -0.25) is 9.88 Å². The highest BCUT2D eigenvalue weighted by Crippen LogP contribution is 2.34. The molecule has 37 heavy (non-hydrogen) atoms. The van der Waals surface area contributed by atoms with Gasteiger partial charge in [0.15, 0.2) is 5.82 Å². The van der Waals surface area contributed by atoms with E-state index in [1.54, 1.807) is 48.5 Å². The highest BCUT2D eigenvalue weighted by atomic mass is 16.6. The second-order valence-corrected chi connectivity index (χ2v) is 8.87. The molecule has 0 bridgehead atoms. The summed E-state index contributed by atoms with van der Waals surface area (Å²) in [7, 11) is 0. The third-order valence-electron chi connectivity index (χ3n) is 6.25. The third-order valence-corrected chi connectivity index (χ3v) is 6.25. The molecule has 1 aromatic carbocycles. The fraction of sp³-hybridized carbons (Fsp3) is 0.346. The Hall–Kier alpha value is -4.25. The number of fused-ring (bicyclic) bond motifs is 1. The number of carbonyl (C=O) groups excluding carboxylic acids is 2. The summed E-state index contributed by atoms with van der Waals surface area (Å²) in [6, 6.07) is 10.6. The largest absolute Gasteiger partial charge is 0.450 e. The van der Waals surface area contributed by atoms with Gasteiger partial charge in [0.2, 0.25) is 0 Å². The van der Waals surface area contributed by atoms with E-state index < -0.39 is 0 Å². The summed E-state index contributed by atoms with van der Waals surface area (Å²) in [5, 5.41) is 5.55. The number of hydrogen-bond donors (Lipinski definition) is 2. The minimum absolute atomic E-state index is 0.141. The molecule has 11 nitrogen and oxygen atoms in total. The molecule has 5 rings (SSSR count). The molecule has 2 aliphatic heterocycles. The Morgan fingerprint density at radius 1 is 1.11 bits per heavy atom. The Morgan fingerprint density at radius 3 is 2.65 bits per heavy atom. The van der Waals surface area contributed by atoms with Crippen molar-refractivity contribution in [2.24, 2.45) is 0 Å². The summed E-state index contributed by atoms with van der Waals surface area (Å²) in [6.45, 7) is 6.91. The van der Waals surface area contributed by atoms with Crippen LogP contribution in [-0.4, -0.2) is 64.4 Å². The molecule has 1 fully saturated rings. The number of ether oxygens (including phenoxy) is 2. The molecular weight excluding hydrogens is 474 g/mol. The van der Waals surface area contributed by atoms with Crippen molar-refractivity contribution in [3.05, 3.63) is 60.0 Å². The van der Waals surface area contributed by atoms with E-state index in [0.717, 1.165) is 22.6 Å². The van der Waals surface area contributed by atoms with E-state index in [2.05, 4.69) is 27.4 Å². The number of carbonyl (C=O) groups is 2. The van der Waals surface area contributed by atoms with Crippen LogP contribution in [0.2, 0.25) is 0 Å². The van der Waals surface area contributed by atoms with Gasteiger partial charge in [0.05, 0.1) is 56.5 Å². The summed E-state index contributed by atoms with van der Waals surface area (Å²) in [6.07, 6.45) is 2.86. The molecule has 0 radical (unpaired) electrons. The van der Waals surface area contributed by atoms with E-state index in [1.165, 1.54) is 0 Å². The predicted molar refractivity (Wildman–Crippen MR) is 138 cm³/mol. The highest BCUT2D eigenvalue weighted by Gasteiger charge is 2.33. The van der Waals surface area contributed by atoms with Crippen molar-refractivity contribution in [3.8, 4) is 11.4 Å². The molecule has 0 unspecified atom stereocenters. The van der Waals surface area contributed by atoms with E-state index in [-0.39, 0.29) is 18.2 Å². The number of benzene rings is 1. The van der Waals surface area contributed by atoms with Crippen molar-refractivity contribution in [1.29, 1.82) is 0 Å². The second-order valence-electron chi connectivity index (χ2n) is 8.87. The van der Waals surface area contributed by atoms with Crippen LogP contribution in [0.3, 0.4) is 0 Å². The van der Waals surface area contributed by atoms with Crippen LogP contribution in [0.25, 0.3) is 11.4 Å². The summed E-state index contributed by atoms with van der Waals surface area (Å²) in [4.78, 5) is 42.4. The van der Waals surface area contributed by atoms with Gasteiger partial charge in [-0.25, -0.2) is 19.6 Å².